The Kier molecular flexibility index (Phi) is 10.5. The Morgan fingerprint density at radius 1 is 0.829 bits per heavy atom. The van der Waals surface area contributed by atoms with E-state index in [0.29, 0.717) is 0 Å². The SMILES string of the molecule is COc1ccc(C(c2ccc(OC)cc2C)[C@H](C)OC(=O)[C@H](C)CC(=O)c2nccc(OC)c2OC(C)=O)c(C)c1. The highest BCUT2D eigenvalue weighted by Crippen LogP contribution is 2.37. The largest absolute Gasteiger partial charge is 0.497 e. The normalized spacial score (nSPS) is 12.3. The Bertz CT molecular complexity index is 1360. The molecule has 0 bridgehead atoms. The highest BCUT2D eigenvalue weighted by Gasteiger charge is 2.31. The number of rotatable bonds is 12. The predicted octanol–water partition coefficient (Wildman–Crippen LogP) is 5.62. The van der Waals surface area contributed by atoms with E-state index in [0.717, 1.165) is 33.8 Å². The number of nitrogens with zero attached hydrogens (tertiary/aromatic N) is 1. The van der Waals surface area contributed by atoms with Gasteiger partial charge in [0.25, 0.3) is 0 Å². The number of Topliss-reactive ketones (excluding diaryl/α,β-unsaturated/α-hetero) is 1. The lowest BCUT2D eigenvalue weighted by atomic mass is 9.82. The Hall–Kier alpha value is -4.40. The summed E-state index contributed by atoms with van der Waals surface area (Å²) >= 11 is 0. The zero-order valence-electron chi connectivity index (χ0n) is 24.8. The summed E-state index contributed by atoms with van der Waals surface area (Å²) < 4.78 is 27.2. The molecule has 0 saturated heterocycles. The third-order valence-corrected chi connectivity index (χ3v) is 6.89. The van der Waals surface area contributed by atoms with Crippen molar-refractivity contribution in [1.82, 2.24) is 4.98 Å². The predicted molar refractivity (Wildman–Crippen MR) is 153 cm³/mol. The van der Waals surface area contributed by atoms with Crippen LogP contribution in [0, 0.1) is 19.8 Å². The van der Waals surface area contributed by atoms with Crippen molar-refractivity contribution in [2.75, 3.05) is 21.3 Å². The van der Waals surface area contributed by atoms with Crippen molar-refractivity contribution in [3.8, 4) is 23.0 Å². The smallest absolute Gasteiger partial charge is 0.309 e. The summed E-state index contributed by atoms with van der Waals surface area (Å²) in [5.41, 5.74) is 3.84. The van der Waals surface area contributed by atoms with Crippen molar-refractivity contribution in [3.05, 3.63) is 76.6 Å². The van der Waals surface area contributed by atoms with Crippen molar-refractivity contribution < 1.29 is 38.1 Å². The van der Waals surface area contributed by atoms with Gasteiger partial charge in [0.2, 0.25) is 5.75 Å². The number of carbonyl (C=O) groups is 3. The summed E-state index contributed by atoms with van der Waals surface area (Å²) in [7, 11) is 4.62. The number of ether oxygens (including phenoxy) is 5. The molecule has 0 radical (unpaired) electrons. The molecule has 3 aromatic rings. The van der Waals surface area contributed by atoms with Gasteiger partial charge < -0.3 is 23.7 Å². The zero-order chi connectivity index (χ0) is 30.3. The lowest BCUT2D eigenvalue weighted by molar-refractivity contribution is -0.153. The number of aromatic nitrogens is 1. The van der Waals surface area contributed by atoms with Gasteiger partial charge in [-0.2, -0.15) is 0 Å². The van der Waals surface area contributed by atoms with Gasteiger partial charge in [-0.25, -0.2) is 4.98 Å². The first-order valence-electron chi connectivity index (χ1n) is 13.2. The minimum Gasteiger partial charge on any atom is -0.497 e. The topological polar surface area (TPSA) is 110 Å². The van der Waals surface area contributed by atoms with Crippen molar-refractivity contribution >= 4 is 17.7 Å². The van der Waals surface area contributed by atoms with Crippen LogP contribution in [0.3, 0.4) is 0 Å². The van der Waals surface area contributed by atoms with Gasteiger partial charge in [0.1, 0.15) is 17.6 Å². The minimum atomic E-state index is -0.794. The van der Waals surface area contributed by atoms with Crippen LogP contribution in [0.1, 0.15) is 65.9 Å². The second-order valence-electron chi connectivity index (χ2n) is 9.88. The van der Waals surface area contributed by atoms with Gasteiger partial charge >= 0.3 is 11.9 Å². The van der Waals surface area contributed by atoms with E-state index in [2.05, 4.69) is 4.98 Å². The molecule has 9 heteroatoms. The highest BCUT2D eigenvalue weighted by atomic mass is 16.6. The third-order valence-electron chi connectivity index (χ3n) is 6.89. The molecule has 0 aliphatic rings. The number of hydrogen-bond donors (Lipinski definition) is 0. The molecule has 0 spiro atoms. The fourth-order valence-electron chi connectivity index (χ4n) is 4.78. The lowest BCUT2D eigenvalue weighted by Crippen LogP contribution is -2.28. The van der Waals surface area contributed by atoms with Gasteiger partial charge in [0.05, 0.1) is 27.2 Å². The first kappa shape index (κ1) is 31.1. The van der Waals surface area contributed by atoms with Crippen LogP contribution in [0.25, 0.3) is 0 Å². The number of pyridine rings is 1. The van der Waals surface area contributed by atoms with Gasteiger partial charge in [-0.3, -0.25) is 14.4 Å². The molecular formula is C32H37NO8. The van der Waals surface area contributed by atoms with E-state index in [-0.39, 0.29) is 29.5 Å². The Labute approximate surface area is 240 Å². The Morgan fingerprint density at radius 2 is 1.39 bits per heavy atom. The van der Waals surface area contributed by atoms with Crippen LogP contribution < -0.4 is 18.9 Å². The molecule has 2 aromatic carbocycles. The van der Waals surface area contributed by atoms with E-state index in [1.807, 2.05) is 57.2 Å². The maximum atomic E-state index is 13.3. The van der Waals surface area contributed by atoms with Gasteiger partial charge in [0, 0.05) is 31.5 Å². The second kappa shape index (κ2) is 13.8. The van der Waals surface area contributed by atoms with E-state index in [9.17, 15) is 14.4 Å². The molecule has 0 amide bonds. The van der Waals surface area contributed by atoms with Crippen molar-refractivity contribution in [2.24, 2.45) is 5.92 Å². The van der Waals surface area contributed by atoms with Gasteiger partial charge in [0.15, 0.2) is 17.2 Å². The molecule has 1 aromatic heterocycles. The molecule has 0 saturated carbocycles. The molecule has 0 fully saturated rings. The number of hydrogen-bond acceptors (Lipinski definition) is 9. The first-order valence-corrected chi connectivity index (χ1v) is 13.2. The van der Waals surface area contributed by atoms with Crippen LogP contribution >= 0.6 is 0 Å². The first-order chi connectivity index (χ1) is 19.5. The molecule has 0 N–H and O–H groups in total. The fraction of sp³-hybridized carbons (Fsp3) is 0.375. The summed E-state index contributed by atoms with van der Waals surface area (Å²) in [4.78, 5) is 42.2. The summed E-state index contributed by atoms with van der Waals surface area (Å²) in [5, 5.41) is 0. The van der Waals surface area contributed by atoms with Crippen molar-refractivity contribution in [1.29, 1.82) is 0 Å². The molecule has 0 aliphatic carbocycles. The van der Waals surface area contributed by atoms with E-state index >= 15 is 0 Å². The number of esters is 2. The number of benzene rings is 2. The lowest BCUT2D eigenvalue weighted by Gasteiger charge is -2.29. The second-order valence-corrected chi connectivity index (χ2v) is 9.88. The zero-order valence-corrected chi connectivity index (χ0v) is 24.8. The quantitative estimate of drug-likeness (QED) is 0.205. The molecule has 2 atom stereocenters. The molecular weight excluding hydrogens is 526 g/mol. The van der Waals surface area contributed by atoms with Crippen molar-refractivity contribution in [2.45, 2.75) is 53.1 Å². The van der Waals surface area contributed by atoms with Gasteiger partial charge in [-0.1, -0.05) is 19.1 Å². The van der Waals surface area contributed by atoms with Crippen LogP contribution in [0.4, 0.5) is 0 Å². The van der Waals surface area contributed by atoms with Crippen LogP contribution in [-0.4, -0.2) is 50.1 Å². The minimum absolute atomic E-state index is 0.0774. The average Bonchev–Trinajstić information content (AvgIpc) is 2.94. The highest BCUT2D eigenvalue weighted by molar-refractivity contribution is 6.00. The average molecular weight is 564 g/mol. The number of carbonyl (C=O) groups excluding carboxylic acids is 3. The van der Waals surface area contributed by atoms with E-state index < -0.39 is 29.7 Å². The summed E-state index contributed by atoms with van der Waals surface area (Å²) in [6, 6.07) is 13.1. The maximum absolute atomic E-state index is 13.3. The van der Waals surface area contributed by atoms with Crippen LogP contribution in [0.2, 0.25) is 0 Å². The molecule has 0 aliphatic heterocycles. The number of aryl methyl sites for hydroxylation is 2. The number of ketones is 1. The summed E-state index contributed by atoms with van der Waals surface area (Å²) in [5.74, 6) is -1.16. The van der Waals surface area contributed by atoms with Gasteiger partial charge in [-0.05, 0) is 67.3 Å². The number of methoxy groups -OCH3 is 3. The van der Waals surface area contributed by atoms with Crippen LogP contribution in [-0.2, 0) is 14.3 Å². The standard InChI is InChI=1S/C32H37NO8/c1-18-15-23(37-6)9-11-25(18)29(26-12-10-24(38-7)16-19(26)2)21(4)40-32(36)20(3)17-27(35)30-31(41-22(5)34)28(39-8)13-14-33-30/h9-16,20-21,29H,17H2,1-8H3/t20-,21+/m1/s1. The Balaban J connectivity index is 1.87. The molecule has 41 heavy (non-hydrogen) atoms. The molecule has 0 unspecified atom stereocenters. The van der Waals surface area contributed by atoms with Crippen LogP contribution in [0.5, 0.6) is 23.0 Å². The third kappa shape index (κ3) is 7.42. The fourth-order valence-corrected chi connectivity index (χ4v) is 4.78. The van der Waals surface area contributed by atoms with Crippen molar-refractivity contribution in [3.63, 3.8) is 0 Å². The monoisotopic (exact) mass is 563 g/mol. The molecule has 1 heterocycles. The summed E-state index contributed by atoms with van der Waals surface area (Å²) in [6.07, 6.45) is 0.599. The summed E-state index contributed by atoms with van der Waals surface area (Å²) in [6.45, 7) is 8.65. The molecule has 3 rings (SSSR count). The van der Waals surface area contributed by atoms with Crippen LogP contribution in [0.15, 0.2) is 48.7 Å². The van der Waals surface area contributed by atoms with E-state index in [1.165, 1.54) is 26.3 Å². The maximum Gasteiger partial charge on any atom is 0.309 e. The molecule has 218 valence electrons. The van der Waals surface area contributed by atoms with E-state index in [1.54, 1.807) is 21.1 Å². The van der Waals surface area contributed by atoms with Gasteiger partial charge in [-0.15, -0.1) is 0 Å². The Morgan fingerprint density at radius 3 is 1.85 bits per heavy atom. The van der Waals surface area contributed by atoms with E-state index in [4.69, 9.17) is 23.7 Å². The molecule has 9 nitrogen and oxygen atoms in total.